The first kappa shape index (κ1) is 7.84. The van der Waals surface area contributed by atoms with Crippen molar-refractivity contribution in [1.82, 2.24) is 5.32 Å². The Morgan fingerprint density at radius 1 is 1.38 bits per heavy atom. The smallest absolute Gasteiger partial charge is 0.330 e. The third-order valence-corrected chi connectivity index (χ3v) is 0.869. The number of hydrogen-bond acceptors (Lipinski definition) is 4. The van der Waals surface area contributed by atoms with E-state index in [2.05, 4.69) is 14.8 Å². The molecule has 0 bridgehead atoms. The first-order chi connectivity index (χ1) is 3.68. The molecule has 0 aliphatic carbocycles. The van der Waals surface area contributed by atoms with Crippen molar-refractivity contribution in [3.05, 3.63) is 0 Å². The van der Waals surface area contributed by atoms with E-state index in [9.17, 15) is 0 Å². The summed E-state index contributed by atoms with van der Waals surface area (Å²) >= 11 is 0. The van der Waals surface area contributed by atoms with Gasteiger partial charge < -0.3 is 14.6 Å². The Morgan fingerprint density at radius 2 is 1.75 bits per heavy atom. The summed E-state index contributed by atoms with van der Waals surface area (Å²) in [5.74, 6) is 0. The van der Waals surface area contributed by atoms with Gasteiger partial charge in [0.25, 0.3) is 0 Å². The normalized spacial score (nSPS) is 12.0. The molecule has 0 aromatic heterocycles. The number of methoxy groups -OCH3 is 2. The van der Waals surface area contributed by atoms with Gasteiger partial charge in [-0.1, -0.05) is 0 Å². The van der Waals surface area contributed by atoms with Crippen molar-refractivity contribution < 1.29 is 14.6 Å². The van der Waals surface area contributed by atoms with Gasteiger partial charge in [0.05, 0.1) is 0 Å². The van der Waals surface area contributed by atoms with Gasteiger partial charge in [-0.25, -0.2) is 5.32 Å². The average molecular weight is 121 g/mol. The Morgan fingerprint density at radius 3 is 1.75 bits per heavy atom. The van der Waals surface area contributed by atoms with Crippen molar-refractivity contribution in [1.29, 1.82) is 0 Å². The minimum absolute atomic E-state index is 1.33. The Hall–Kier alpha value is -0.160. The molecule has 0 spiro atoms. The second-order valence-corrected chi connectivity index (χ2v) is 1.24. The summed E-state index contributed by atoms with van der Waals surface area (Å²) in [5.41, 5.74) is 0. The van der Waals surface area contributed by atoms with Gasteiger partial charge >= 0.3 is 6.10 Å². The molecule has 4 nitrogen and oxygen atoms in total. The lowest BCUT2D eigenvalue weighted by Crippen LogP contribution is -2.46. The fourth-order valence-electron chi connectivity index (χ4n) is 0.287. The van der Waals surface area contributed by atoms with Crippen LogP contribution in [-0.4, -0.2) is 32.5 Å². The molecule has 50 valence electrons. The topological polar surface area (TPSA) is 50.7 Å². The predicted octanol–water partition coefficient (Wildman–Crippen LogP) is -0.898. The van der Waals surface area contributed by atoms with Crippen molar-refractivity contribution in [2.75, 3.05) is 21.3 Å². The quantitative estimate of drug-likeness (QED) is 0.475. The van der Waals surface area contributed by atoms with Crippen molar-refractivity contribution in [2.45, 2.75) is 6.10 Å². The lowest BCUT2D eigenvalue weighted by atomic mass is 10.9. The first-order valence-electron chi connectivity index (χ1n) is 2.20. The van der Waals surface area contributed by atoms with Gasteiger partial charge in [0.15, 0.2) is 0 Å². The molecule has 0 aliphatic heterocycles. The lowest BCUT2D eigenvalue weighted by Gasteiger charge is -2.21. The zero-order valence-electron chi connectivity index (χ0n) is 5.26. The molecule has 0 aromatic rings. The Bertz CT molecular complexity index is 54.0. The highest BCUT2D eigenvalue weighted by molar-refractivity contribution is 4.39. The van der Waals surface area contributed by atoms with E-state index < -0.39 is 6.10 Å². The summed E-state index contributed by atoms with van der Waals surface area (Å²) in [6.07, 6.45) is -1.62. The zero-order chi connectivity index (χ0) is 6.62. The maximum absolute atomic E-state index is 8.88. The predicted molar refractivity (Wildman–Crippen MR) is 28.0 cm³/mol. The van der Waals surface area contributed by atoms with E-state index >= 15 is 0 Å². The number of hydrogen-bond donors (Lipinski definition) is 2. The lowest BCUT2D eigenvalue weighted by molar-refractivity contribution is -0.355. The third-order valence-electron chi connectivity index (χ3n) is 0.869. The highest BCUT2D eigenvalue weighted by Crippen LogP contribution is 1.97. The summed E-state index contributed by atoms with van der Waals surface area (Å²) in [6.45, 7) is 0. The van der Waals surface area contributed by atoms with Crippen LogP contribution in [0.15, 0.2) is 0 Å². The van der Waals surface area contributed by atoms with E-state index in [1.807, 2.05) is 0 Å². The number of ether oxygens (including phenoxy) is 2. The molecule has 0 saturated heterocycles. The van der Waals surface area contributed by atoms with Crippen molar-refractivity contribution in [2.24, 2.45) is 0 Å². The molecular formula is C4H11NO3. The molecule has 0 rings (SSSR count). The average Bonchev–Trinajstić information content (AvgIpc) is 1.87. The Labute approximate surface area is 48.4 Å². The highest BCUT2D eigenvalue weighted by atomic mass is 16.8. The SMILES string of the molecule is CNC(O)(OC)OC. The maximum Gasteiger partial charge on any atom is 0.347 e. The molecule has 0 aromatic carbocycles. The zero-order valence-corrected chi connectivity index (χ0v) is 5.26. The molecule has 8 heavy (non-hydrogen) atoms. The molecule has 0 fully saturated rings. The summed E-state index contributed by atoms with van der Waals surface area (Å²) in [5, 5.41) is 11.3. The van der Waals surface area contributed by atoms with E-state index in [1.165, 1.54) is 21.3 Å². The molecule has 0 radical (unpaired) electrons. The van der Waals surface area contributed by atoms with Gasteiger partial charge in [0.2, 0.25) is 0 Å². The number of nitrogens with one attached hydrogen (secondary N) is 1. The summed E-state index contributed by atoms with van der Waals surface area (Å²) in [4.78, 5) is 0. The monoisotopic (exact) mass is 121 g/mol. The van der Waals surface area contributed by atoms with Crippen LogP contribution in [0.25, 0.3) is 0 Å². The van der Waals surface area contributed by atoms with Gasteiger partial charge in [-0.2, -0.15) is 0 Å². The summed E-state index contributed by atoms with van der Waals surface area (Å²) < 4.78 is 8.92. The molecule has 0 heterocycles. The molecule has 0 aliphatic rings. The van der Waals surface area contributed by atoms with Crippen LogP contribution in [0.3, 0.4) is 0 Å². The molecule has 0 unspecified atom stereocenters. The van der Waals surface area contributed by atoms with Gasteiger partial charge in [-0.15, -0.1) is 0 Å². The van der Waals surface area contributed by atoms with Crippen molar-refractivity contribution >= 4 is 0 Å². The van der Waals surface area contributed by atoms with Crippen LogP contribution in [0.2, 0.25) is 0 Å². The van der Waals surface area contributed by atoms with E-state index in [0.717, 1.165) is 0 Å². The van der Waals surface area contributed by atoms with Crippen LogP contribution in [0.4, 0.5) is 0 Å². The van der Waals surface area contributed by atoms with E-state index in [1.54, 1.807) is 0 Å². The van der Waals surface area contributed by atoms with Gasteiger partial charge in [-0.3, -0.25) is 0 Å². The second-order valence-electron chi connectivity index (χ2n) is 1.24. The minimum atomic E-state index is -1.62. The van der Waals surface area contributed by atoms with Gasteiger partial charge in [0, 0.05) is 14.2 Å². The largest absolute Gasteiger partial charge is 0.347 e. The van der Waals surface area contributed by atoms with Crippen LogP contribution in [0.1, 0.15) is 0 Å². The van der Waals surface area contributed by atoms with Crippen molar-refractivity contribution in [3.63, 3.8) is 0 Å². The Kier molecular flexibility index (Phi) is 2.93. The highest BCUT2D eigenvalue weighted by Gasteiger charge is 2.21. The number of aliphatic hydroxyl groups is 1. The van der Waals surface area contributed by atoms with Gasteiger partial charge in [-0.05, 0) is 7.05 Å². The standard InChI is InChI=1S/C4H11NO3/c1-5-4(6,7-2)8-3/h5-6H,1-3H3. The first-order valence-corrected chi connectivity index (χ1v) is 2.20. The second kappa shape index (κ2) is 2.99. The molecule has 0 amide bonds. The minimum Gasteiger partial charge on any atom is -0.330 e. The van der Waals surface area contributed by atoms with Crippen LogP contribution in [-0.2, 0) is 9.47 Å². The molecule has 0 saturated carbocycles. The summed E-state index contributed by atoms with van der Waals surface area (Å²) in [7, 11) is 4.19. The van der Waals surface area contributed by atoms with Crippen LogP contribution >= 0.6 is 0 Å². The van der Waals surface area contributed by atoms with E-state index in [0.29, 0.717) is 0 Å². The molecule has 4 heteroatoms. The maximum atomic E-state index is 8.88. The fraction of sp³-hybridized carbons (Fsp3) is 1.00. The van der Waals surface area contributed by atoms with Crippen LogP contribution in [0.5, 0.6) is 0 Å². The number of rotatable bonds is 3. The van der Waals surface area contributed by atoms with Crippen LogP contribution < -0.4 is 5.32 Å². The van der Waals surface area contributed by atoms with Crippen LogP contribution in [0, 0.1) is 0 Å². The Balaban J connectivity index is 3.58. The van der Waals surface area contributed by atoms with Crippen molar-refractivity contribution in [3.8, 4) is 0 Å². The molecule has 0 atom stereocenters. The fourth-order valence-corrected chi connectivity index (χ4v) is 0.287. The van der Waals surface area contributed by atoms with E-state index in [-0.39, 0.29) is 0 Å². The molecule has 2 N–H and O–H groups in total. The third kappa shape index (κ3) is 1.75. The summed E-state index contributed by atoms with van der Waals surface area (Å²) in [6, 6.07) is 0. The molecular weight excluding hydrogens is 110 g/mol. The van der Waals surface area contributed by atoms with E-state index in [4.69, 9.17) is 5.11 Å². The van der Waals surface area contributed by atoms with Gasteiger partial charge in [0.1, 0.15) is 0 Å².